The number of rotatable bonds is 18. The Labute approximate surface area is 138 Å². The quantitative estimate of drug-likeness (QED) is 0.273. The first-order chi connectivity index (χ1) is 11.3. The summed E-state index contributed by atoms with van der Waals surface area (Å²) in [6, 6.07) is 0. The Morgan fingerprint density at radius 2 is 1.09 bits per heavy atom. The van der Waals surface area contributed by atoms with E-state index in [1.165, 1.54) is 7.11 Å². The molecule has 8 heteroatoms. The van der Waals surface area contributed by atoms with Crippen LogP contribution in [0.15, 0.2) is 0 Å². The zero-order valence-corrected chi connectivity index (χ0v) is 14.3. The first-order valence-electron chi connectivity index (χ1n) is 7.91. The SMILES string of the molecule is CNCCOCCOCCOCCOCCOCCC(=O)OC. The maximum atomic E-state index is 10.8. The van der Waals surface area contributed by atoms with Gasteiger partial charge in [0.25, 0.3) is 0 Å². The molecule has 0 unspecified atom stereocenters. The van der Waals surface area contributed by atoms with Gasteiger partial charge in [-0.25, -0.2) is 0 Å². The number of esters is 1. The molecule has 0 heterocycles. The molecule has 0 aliphatic rings. The van der Waals surface area contributed by atoms with Gasteiger partial charge in [-0.05, 0) is 7.05 Å². The highest BCUT2D eigenvalue weighted by atomic mass is 16.6. The first-order valence-corrected chi connectivity index (χ1v) is 7.91. The van der Waals surface area contributed by atoms with Crippen molar-refractivity contribution in [3.8, 4) is 0 Å². The van der Waals surface area contributed by atoms with Crippen molar-refractivity contribution in [1.29, 1.82) is 0 Å². The topological polar surface area (TPSA) is 84.5 Å². The zero-order chi connectivity index (χ0) is 17.0. The maximum absolute atomic E-state index is 10.8. The highest BCUT2D eigenvalue weighted by Gasteiger charge is 1.99. The minimum absolute atomic E-state index is 0.264. The number of ether oxygens (including phenoxy) is 6. The van der Waals surface area contributed by atoms with E-state index in [0.29, 0.717) is 66.1 Å². The van der Waals surface area contributed by atoms with Crippen LogP contribution in [0.1, 0.15) is 6.42 Å². The number of carbonyl (C=O) groups is 1. The van der Waals surface area contributed by atoms with Gasteiger partial charge < -0.3 is 33.7 Å². The molecule has 0 aliphatic heterocycles. The second kappa shape index (κ2) is 19.3. The summed E-state index contributed by atoms with van der Waals surface area (Å²) in [5, 5.41) is 3.00. The summed E-state index contributed by atoms with van der Waals surface area (Å²) in [5.74, 6) is -0.272. The third-order valence-corrected chi connectivity index (χ3v) is 2.66. The molecule has 1 N–H and O–H groups in total. The molecule has 0 spiro atoms. The van der Waals surface area contributed by atoms with Gasteiger partial charge in [-0.1, -0.05) is 0 Å². The van der Waals surface area contributed by atoms with Gasteiger partial charge in [0.2, 0.25) is 0 Å². The van der Waals surface area contributed by atoms with Crippen molar-refractivity contribution < 1.29 is 33.2 Å². The lowest BCUT2D eigenvalue weighted by molar-refractivity contribution is -0.141. The molecule has 0 bridgehead atoms. The lowest BCUT2D eigenvalue weighted by Gasteiger charge is -2.07. The predicted octanol–water partition coefficient (Wildman–Crippen LogP) is -0.148. The summed E-state index contributed by atoms with van der Waals surface area (Å²) in [6.45, 7) is 6.10. The van der Waals surface area contributed by atoms with Crippen LogP contribution >= 0.6 is 0 Å². The van der Waals surface area contributed by atoms with E-state index in [-0.39, 0.29) is 12.4 Å². The predicted molar refractivity (Wildman–Crippen MR) is 84.7 cm³/mol. The summed E-state index contributed by atoms with van der Waals surface area (Å²) < 4.78 is 31.0. The van der Waals surface area contributed by atoms with Gasteiger partial charge in [-0.3, -0.25) is 4.79 Å². The smallest absolute Gasteiger partial charge is 0.307 e. The van der Waals surface area contributed by atoms with Crippen LogP contribution in [0.3, 0.4) is 0 Å². The standard InChI is InChI=1S/C15H31NO7/c1-16-4-6-20-8-10-22-12-14-23-13-11-21-9-7-19-5-3-15(17)18-2/h16H,3-14H2,1-2H3. The number of likely N-dealkylation sites (N-methyl/N-ethyl adjacent to an activating group) is 1. The monoisotopic (exact) mass is 337 g/mol. The largest absolute Gasteiger partial charge is 0.469 e. The number of hydrogen-bond donors (Lipinski definition) is 1. The van der Waals surface area contributed by atoms with Crippen LogP contribution in [-0.2, 0) is 33.2 Å². The summed E-state index contributed by atoms with van der Waals surface area (Å²) in [5.41, 5.74) is 0. The van der Waals surface area contributed by atoms with E-state index in [4.69, 9.17) is 23.7 Å². The molecule has 8 nitrogen and oxygen atoms in total. The van der Waals surface area contributed by atoms with Crippen LogP contribution < -0.4 is 5.32 Å². The Kier molecular flexibility index (Phi) is 18.6. The fraction of sp³-hybridized carbons (Fsp3) is 0.933. The van der Waals surface area contributed by atoms with Crippen molar-refractivity contribution in [2.24, 2.45) is 0 Å². The third-order valence-electron chi connectivity index (χ3n) is 2.66. The van der Waals surface area contributed by atoms with Gasteiger partial charge in [-0.2, -0.15) is 0 Å². The van der Waals surface area contributed by atoms with Crippen molar-refractivity contribution in [3.63, 3.8) is 0 Å². The van der Waals surface area contributed by atoms with Gasteiger partial charge in [0.05, 0.1) is 79.6 Å². The fourth-order valence-electron chi connectivity index (χ4n) is 1.41. The molecule has 138 valence electrons. The highest BCUT2D eigenvalue weighted by molar-refractivity contribution is 5.69. The minimum Gasteiger partial charge on any atom is -0.469 e. The summed E-state index contributed by atoms with van der Waals surface area (Å²) in [4.78, 5) is 10.8. The molecule has 0 saturated carbocycles. The molecule has 0 fully saturated rings. The van der Waals surface area contributed by atoms with Crippen LogP contribution in [-0.4, -0.2) is 92.7 Å². The number of nitrogens with one attached hydrogen (secondary N) is 1. The third kappa shape index (κ3) is 19.2. The molecule has 0 amide bonds. The molecular formula is C15H31NO7. The van der Waals surface area contributed by atoms with Gasteiger partial charge in [0, 0.05) is 6.54 Å². The van der Waals surface area contributed by atoms with Crippen molar-refractivity contribution >= 4 is 5.97 Å². The highest BCUT2D eigenvalue weighted by Crippen LogP contribution is 1.87. The van der Waals surface area contributed by atoms with Gasteiger partial charge in [-0.15, -0.1) is 0 Å². The Bertz CT molecular complexity index is 254. The Morgan fingerprint density at radius 3 is 1.48 bits per heavy atom. The molecular weight excluding hydrogens is 306 g/mol. The molecule has 0 saturated heterocycles. The summed E-state index contributed by atoms with van der Waals surface area (Å²) >= 11 is 0. The van der Waals surface area contributed by atoms with Crippen LogP contribution in [0, 0.1) is 0 Å². The normalized spacial score (nSPS) is 10.9. The van der Waals surface area contributed by atoms with Crippen LogP contribution in [0.2, 0.25) is 0 Å². The van der Waals surface area contributed by atoms with E-state index in [0.717, 1.165) is 6.54 Å². The fourth-order valence-corrected chi connectivity index (χ4v) is 1.41. The molecule has 0 radical (unpaired) electrons. The van der Waals surface area contributed by atoms with Crippen LogP contribution in [0.25, 0.3) is 0 Å². The first kappa shape index (κ1) is 22.2. The molecule has 0 aromatic rings. The summed E-state index contributed by atoms with van der Waals surface area (Å²) in [7, 11) is 3.24. The molecule has 0 aromatic heterocycles. The van der Waals surface area contributed by atoms with Crippen LogP contribution in [0.5, 0.6) is 0 Å². The summed E-state index contributed by atoms with van der Waals surface area (Å²) in [6.07, 6.45) is 0.264. The van der Waals surface area contributed by atoms with E-state index in [2.05, 4.69) is 10.1 Å². The second-order valence-electron chi connectivity index (χ2n) is 4.49. The van der Waals surface area contributed by atoms with Gasteiger partial charge in [0.15, 0.2) is 0 Å². The van der Waals surface area contributed by atoms with E-state index >= 15 is 0 Å². The average molecular weight is 337 g/mol. The van der Waals surface area contributed by atoms with Crippen LogP contribution in [0.4, 0.5) is 0 Å². The molecule has 0 rings (SSSR count). The van der Waals surface area contributed by atoms with Crippen molar-refractivity contribution in [2.75, 3.05) is 86.8 Å². The Morgan fingerprint density at radius 1 is 0.696 bits per heavy atom. The lowest BCUT2D eigenvalue weighted by Crippen LogP contribution is -2.17. The van der Waals surface area contributed by atoms with E-state index in [1.807, 2.05) is 7.05 Å². The molecule has 23 heavy (non-hydrogen) atoms. The molecule has 0 atom stereocenters. The molecule has 0 aromatic carbocycles. The lowest BCUT2D eigenvalue weighted by atomic mass is 10.5. The van der Waals surface area contributed by atoms with E-state index in [9.17, 15) is 4.79 Å². The second-order valence-corrected chi connectivity index (χ2v) is 4.49. The Hall–Kier alpha value is -0.770. The van der Waals surface area contributed by atoms with Crippen molar-refractivity contribution in [2.45, 2.75) is 6.42 Å². The maximum Gasteiger partial charge on any atom is 0.307 e. The van der Waals surface area contributed by atoms with Crippen molar-refractivity contribution in [3.05, 3.63) is 0 Å². The van der Waals surface area contributed by atoms with Gasteiger partial charge in [0.1, 0.15) is 0 Å². The minimum atomic E-state index is -0.272. The van der Waals surface area contributed by atoms with E-state index in [1.54, 1.807) is 0 Å². The Balaban J connectivity index is 2.99. The number of methoxy groups -OCH3 is 1. The van der Waals surface area contributed by atoms with E-state index < -0.39 is 0 Å². The number of carbonyl (C=O) groups excluding carboxylic acids is 1. The average Bonchev–Trinajstić information content (AvgIpc) is 2.57. The van der Waals surface area contributed by atoms with Crippen molar-refractivity contribution in [1.82, 2.24) is 5.32 Å². The zero-order valence-electron chi connectivity index (χ0n) is 14.3. The van der Waals surface area contributed by atoms with Gasteiger partial charge >= 0.3 is 5.97 Å². The molecule has 0 aliphatic carbocycles. The number of hydrogen-bond acceptors (Lipinski definition) is 8.